The van der Waals surface area contributed by atoms with Gasteiger partial charge in [0, 0.05) is 0 Å². The molecule has 0 fully saturated rings. The van der Waals surface area contributed by atoms with Gasteiger partial charge in [-0.2, -0.15) is 13.2 Å². The predicted octanol–water partition coefficient (Wildman–Crippen LogP) is 1.64. The zero-order chi connectivity index (χ0) is 11.7. The van der Waals surface area contributed by atoms with Gasteiger partial charge in [-0.3, -0.25) is 15.8 Å². The summed E-state index contributed by atoms with van der Waals surface area (Å²) in [6.45, 7) is 0. The van der Waals surface area contributed by atoms with E-state index in [1.807, 2.05) is 0 Å². The number of hydrogen-bond donors (Lipinski definition) is 1. The second-order valence-electron chi connectivity index (χ2n) is 2.89. The average molecular weight is 220 g/mol. The largest absolute Gasteiger partial charge is 0.481 e. The summed E-state index contributed by atoms with van der Waals surface area (Å²) in [6.07, 6.45) is -5.14. The minimum atomic E-state index is -5.14. The summed E-state index contributed by atoms with van der Waals surface area (Å²) in [6, 6.07) is 5.89. The Morgan fingerprint density at radius 1 is 1.20 bits per heavy atom. The van der Waals surface area contributed by atoms with Crippen molar-refractivity contribution in [1.82, 2.24) is 0 Å². The minimum absolute atomic E-state index is 0.595. The second-order valence-corrected chi connectivity index (χ2v) is 2.89. The molecular weight excluding hydrogens is 213 g/mol. The first-order chi connectivity index (χ1) is 6.80. The molecule has 7 heteroatoms. The Morgan fingerprint density at radius 3 is 2.00 bits per heavy atom. The van der Waals surface area contributed by atoms with Gasteiger partial charge in [-0.25, -0.2) is 0 Å². The van der Waals surface area contributed by atoms with Crippen LogP contribution in [-0.4, -0.2) is 11.1 Å². The summed E-state index contributed by atoms with van der Waals surface area (Å²) in [4.78, 5) is 8.89. The van der Waals surface area contributed by atoms with Gasteiger partial charge >= 0.3 is 11.8 Å². The van der Waals surface area contributed by atoms with E-state index in [1.165, 1.54) is 18.2 Å². The molecule has 2 N–H and O–H groups in total. The molecule has 82 valence electrons. The van der Waals surface area contributed by atoms with E-state index in [0.29, 0.717) is 0 Å². The lowest BCUT2D eigenvalue weighted by Gasteiger charge is -2.23. The monoisotopic (exact) mass is 220 g/mol. The van der Waals surface area contributed by atoms with Gasteiger partial charge in [-0.1, -0.05) is 18.2 Å². The Hall–Kier alpha value is -1.63. The van der Waals surface area contributed by atoms with Crippen molar-refractivity contribution in [3.8, 4) is 0 Å². The molecule has 1 rings (SSSR count). The van der Waals surface area contributed by atoms with Crippen LogP contribution in [0.4, 0.5) is 13.2 Å². The molecule has 4 nitrogen and oxygen atoms in total. The van der Waals surface area contributed by atoms with Gasteiger partial charge in [0.1, 0.15) is 0 Å². The highest BCUT2D eigenvalue weighted by Gasteiger charge is 2.64. The normalized spacial score (nSPS) is 15.7. The Bertz CT molecular complexity index is 366. The van der Waals surface area contributed by atoms with Crippen LogP contribution in [0.15, 0.2) is 30.3 Å². The van der Waals surface area contributed by atoms with Crippen molar-refractivity contribution < 1.29 is 18.1 Å². The van der Waals surface area contributed by atoms with E-state index in [4.69, 9.17) is 5.73 Å². The van der Waals surface area contributed by atoms with E-state index >= 15 is 0 Å². The van der Waals surface area contributed by atoms with Crippen LogP contribution in [0.1, 0.15) is 5.56 Å². The third-order valence-electron chi connectivity index (χ3n) is 1.93. The number of hydrogen-bond acceptors (Lipinski definition) is 3. The summed E-state index contributed by atoms with van der Waals surface area (Å²) < 4.78 is 37.4. The Kier molecular flexibility index (Phi) is 2.67. The topological polar surface area (TPSA) is 69.2 Å². The van der Waals surface area contributed by atoms with Gasteiger partial charge < -0.3 is 0 Å². The summed E-state index contributed by atoms with van der Waals surface area (Å²) in [5, 5.41) is 10.4. The number of rotatable bonds is 2. The van der Waals surface area contributed by atoms with Gasteiger partial charge in [0.2, 0.25) is 0 Å². The third-order valence-corrected chi connectivity index (χ3v) is 1.93. The predicted molar refractivity (Wildman–Crippen MR) is 45.4 cm³/mol. The van der Waals surface area contributed by atoms with Crippen molar-refractivity contribution in [1.29, 1.82) is 0 Å². The Morgan fingerprint density at radius 2 is 1.67 bits per heavy atom. The lowest BCUT2D eigenvalue weighted by atomic mass is 10.0. The van der Waals surface area contributed by atoms with Gasteiger partial charge in [-0.15, -0.1) is 0 Å². The molecule has 1 aromatic carbocycles. The van der Waals surface area contributed by atoms with Crippen LogP contribution in [0.3, 0.4) is 0 Å². The summed E-state index contributed by atoms with van der Waals surface area (Å²) in [5.74, 6) is 0. The molecule has 1 unspecified atom stereocenters. The first-order valence-corrected chi connectivity index (χ1v) is 3.86. The maximum Gasteiger partial charge on any atom is 0.481 e. The van der Waals surface area contributed by atoms with Gasteiger partial charge in [0.15, 0.2) is 0 Å². The fraction of sp³-hybridized carbons (Fsp3) is 0.250. The summed E-state index contributed by atoms with van der Waals surface area (Å²) >= 11 is 0. The number of nitro groups is 1. The molecule has 0 amide bonds. The summed E-state index contributed by atoms with van der Waals surface area (Å²) in [5.41, 5.74) is 0.673. The minimum Gasteiger partial charge on any atom is -0.262 e. The third kappa shape index (κ3) is 1.78. The summed E-state index contributed by atoms with van der Waals surface area (Å²) in [7, 11) is 0. The number of benzene rings is 1. The van der Waals surface area contributed by atoms with E-state index in [1.54, 1.807) is 0 Å². The van der Waals surface area contributed by atoms with Gasteiger partial charge in [-0.05, 0) is 12.1 Å². The molecule has 1 atom stereocenters. The SMILES string of the molecule is NC(c1ccccc1)([N+](=O)[O-])C(F)(F)F. The molecule has 15 heavy (non-hydrogen) atoms. The lowest BCUT2D eigenvalue weighted by Crippen LogP contribution is -2.56. The second kappa shape index (κ2) is 3.50. The maximum atomic E-state index is 12.5. The zero-order valence-corrected chi connectivity index (χ0v) is 7.36. The number of nitrogens with zero attached hydrogens (tertiary/aromatic N) is 1. The van der Waals surface area contributed by atoms with Crippen molar-refractivity contribution >= 4 is 0 Å². The highest BCUT2D eigenvalue weighted by atomic mass is 19.4. The fourth-order valence-electron chi connectivity index (χ4n) is 1.06. The van der Waals surface area contributed by atoms with Gasteiger partial charge in [0.25, 0.3) is 0 Å². The lowest BCUT2D eigenvalue weighted by molar-refractivity contribution is -0.622. The van der Waals surface area contributed by atoms with Crippen LogP contribution in [0, 0.1) is 10.1 Å². The van der Waals surface area contributed by atoms with Crippen molar-refractivity contribution in [2.75, 3.05) is 0 Å². The van der Waals surface area contributed by atoms with Crippen molar-refractivity contribution in [3.63, 3.8) is 0 Å². The fourth-order valence-corrected chi connectivity index (χ4v) is 1.06. The van der Waals surface area contributed by atoms with Crippen molar-refractivity contribution in [3.05, 3.63) is 46.0 Å². The zero-order valence-electron chi connectivity index (χ0n) is 7.36. The van der Waals surface area contributed by atoms with Crippen LogP contribution in [0.2, 0.25) is 0 Å². The molecule has 0 saturated carbocycles. The average Bonchev–Trinajstić information content (AvgIpc) is 2.16. The first-order valence-electron chi connectivity index (χ1n) is 3.86. The highest BCUT2D eigenvalue weighted by Crippen LogP contribution is 2.36. The molecule has 0 aliphatic rings. The van der Waals surface area contributed by atoms with E-state index < -0.39 is 22.3 Å². The molecule has 0 aliphatic carbocycles. The Balaban J connectivity index is 3.32. The van der Waals surface area contributed by atoms with E-state index in [2.05, 4.69) is 0 Å². The van der Waals surface area contributed by atoms with Crippen LogP contribution in [0.25, 0.3) is 0 Å². The molecule has 0 saturated heterocycles. The number of nitrogens with two attached hydrogens (primary N) is 1. The van der Waals surface area contributed by atoms with Crippen LogP contribution >= 0.6 is 0 Å². The Labute approximate surface area is 82.7 Å². The van der Waals surface area contributed by atoms with E-state index in [0.717, 1.165) is 12.1 Å². The maximum absolute atomic E-state index is 12.5. The number of alkyl halides is 3. The molecule has 0 aromatic heterocycles. The molecule has 0 bridgehead atoms. The molecule has 0 radical (unpaired) electrons. The standard InChI is InChI=1S/C8H7F3N2O2/c9-8(10,11)7(12,13(14)15)6-4-2-1-3-5-6/h1-5H,12H2. The van der Waals surface area contributed by atoms with Crippen LogP contribution in [0.5, 0.6) is 0 Å². The quantitative estimate of drug-likeness (QED) is 0.468. The van der Waals surface area contributed by atoms with Crippen LogP contribution in [-0.2, 0) is 5.66 Å². The van der Waals surface area contributed by atoms with Crippen molar-refractivity contribution in [2.45, 2.75) is 11.8 Å². The molecule has 0 heterocycles. The van der Waals surface area contributed by atoms with E-state index in [-0.39, 0.29) is 0 Å². The molecule has 1 aromatic rings. The highest BCUT2D eigenvalue weighted by molar-refractivity contribution is 5.22. The number of halogens is 3. The first kappa shape index (κ1) is 11.4. The smallest absolute Gasteiger partial charge is 0.262 e. The van der Waals surface area contributed by atoms with Crippen molar-refractivity contribution in [2.24, 2.45) is 5.73 Å². The molecular formula is C8H7F3N2O2. The molecule has 0 spiro atoms. The van der Waals surface area contributed by atoms with Crippen LogP contribution < -0.4 is 5.73 Å². The molecule has 0 aliphatic heterocycles. The van der Waals surface area contributed by atoms with E-state index in [9.17, 15) is 23.3 Å². The van der Waals surface area contributed by atoms with Gasteiger partial charge in [0.05, 0.1) is 10.5 Å².